The van der Waals surface area contributed by atoms with Crippen LogP contribution in [0.5, 0.6) is 11.5 Å². The predicted molar refractivity (Wildman–Crippen MR) is 102 cm³/mol. The summed E-state index contributed by atoms with van der Waals surface area (Å²) in [5, 5.41) is 1.64. The maximum Gasteiger partial charge on any atom is 0.308 e. The summed E-state index contributed by atoms with van der Waals surface area (Å²) in [6.07, 6.45) is 5.49. The summed E-state index contributed by atoms with van der Waals surface area (Å²) in [6.45, 7) is 2.97. The zero-order chi connectivity index (χ0) is 18.7. The lowest BCUT2D eigenvalue weighted by Gasteiger charge is -2.35. The van der Waals surface area contributed by atoms with Crippen molar-refractivity contribution in [3.63, 3.8) is 0 Å². The Morgan fingerprint density at radius 3 is 2.27 bits per heavy atom. The maximum atomic E-state index is 12.5. The van der Waals surface area contributed by atoms with E-state index in [0.29, 0.717) is 11.5 Å². The van der Waals surface area contributed by atoms with Crippen LogP contribution in [0.4, 0.5) is 5.69 Å². The van der Waals surface area contributed by atoms with Gasteiger partial charge in [-0.05, 0) is 12.8 Å². The van der Waals surface area contributed by atoms with E-state index in [9.17, 15) is 9.59 Å². The first-order valence-electron chi connectivity index (χ1n) is 9.11. The fourth-order valence-electron chi connectivity index (χ4n) is 3.87. The topological polar surface area (TPSA) is 55.8 Å². The molecule has 0 aromatic heterocycles. The van der Waals surface area contributed by atoms with Crippen molar-refractivity contribution >= 4 is 28.3 Å². The van der Waals surface area contributed by atoms with Crippen LogP contribution in [-0.2, 0) is 9.59 Å². The van der Waals surface area contributed by atoms with Crippen molar-refractivity contribution in [2.24, 2.45) is 0 Å². The monoisotopic (exact) mass is 355 g/mol. The Bertz CT molecular complexity index is 824. The van der Waals surface area contributed by atoms with Gasteiger partial charge in [0, 0.05) is 36.7 Å². The lowest BCUT2D eigenvalue weighted by Crippen LogP contribution is -2.40. The fourth-order valence-corrected chi connectivity index (χ4v) is 3.87. The molecular formula is C21H25NO4. The van der Waals surface area contributed by atoms with Gasteiger partial charge < -0.3 is 14.4 Å². The molecule has 0 heterocycles. The number of hydrogen-bond donors (Lipinski definition) is 0. The molecule has 3 rings (SSSR count). The molecule has 1 aliphatic carbocycles. The summed E-state index contributed by atoms with van der Waals surface area (Å²) in [7, 11) is 1.54. The molecule has 2 aromatic carbocycles. The number of rotatable bonds is 4. The maximum absolute atomic E-state index is 12.5. The van der Waals surface area contributed by atoms with Crippen LogP contribution in [0.15, 0.2) is 30.3 Å². The highest BCUT2D eigenvalue weighted by Crippen LogP contribution is 2.43. The standard InChI is InChI=1S/C21H25NO4/c1-14(23)22(16-9-5-4-6-10-16)19-13-20(25-3)21(26-15(2)24)18-12-8-7-11-17(18)19/h7-8,11-13,16H,4-6,9-10H2,1-3H3. The average molecular weight is 355 g/mol. The number of carbonyl (C=O) groups is 2. The number of anilines is 1. The molecule has 1 aliphatic rings. The first kappa shape index (κ1) is 18.2. The summed E-state index contributed by atoms with van der Waals surface area (Å²) in [6, 6.07) is 9.66. The van der Waals surface area contributed by atoms with Gasteiger partial charge in [0.05, 0.1) is 12.8 Å². The number of benzene rings is 2. The van der Waals surface area contributed by atoms with Crippen LogP contribution in [0.25, 0.3) is 10.8 Å². The van der Waals surface area contributed by atoms with Crippen molar-refractivity contribution in [3.8, 4) is 11.5 Å². The number of fused-ring (bicyclic) bond motifs is 1. The van der Waals surface area contributed by atoms with Gasteiger partial charge in [-0.2, -0.15) is 0 Å². The van der Waals surface area contributed by atoms with Crippen LogP contribution in [0.2, 0.25) is 0 Å². The minimum Gasteiger partial charge on any atom is -0.493 e. The van der Waals surface area contributed by atoms with Crippen molar-refractivity contribution in [3.05, 3.63) is 30.3 Å². The van der Waals surface area contributed by atoms with Crippen molar-refractivity contribution in [2.45, 2.75) is 52.0 Å². The summed E-state index contributed by atoms with van der Waals surface area (Å²) < 4.78 is 10.9. The van der Waals surface area contributed by atoms with Crippen LogP contribution in [0, 0.1) is 0 Å². The summed E-state index contributed by atoms with van der Waals surface area (Å²) in [5.41, 5.74) is 0.813. The second kappa shape index (κ2) is 7.77. The Morgan fingerprint density at radius 1 is 1.04 bits per heavy atom. The SMILES string of the molecule is COc1cc(N(C(C)=O)C2CCCCC2)c2ccccc2c1OC(C)=O. The van der Waals surface area contributed by atoms with E-state index in [1.165, 1.54) is 13.3 Å². The minimum absolute atomic E-state index is 0.0179. The molecule has 5 heteroatoms. The molecule has 0 atom stereocenters. The number of hydrogen-bond acceptors (Lipinski definition) is 4. The van der Waals surface area contributed by atoms with E-state index in [4.69, 9.17) is 9.47 Å². The molecule has 0 saturated heterocycles. The summed E-state index contributed by atoms with van der Waals surface area (Å²) in [5.74, 6) is 0.462. The van der Waals surface area contributed by atoms with Gasteiger partial charge in [-0.3, -0.25) is 9.59 Å². The van der Waals surface area contributed by atoms with Crippen LogP contribution >= 0.6 is 0 Å². The highest BCUT2D eigenvalue weighted by atomic mass is 16.6. The van der Waals surface area contributed by atoms with Gasteiger partial charge in [-0.1, -0.05) is 43.5 Å². The fraction of sp³-hybridized carbons (Fsp3) is 0.429. The van der Waals surface area contributed by atoms with Gasteiger partial charge in [0.25, 0.3) is 0 Å². The first-order chi connectivity index (χ1) is 12.5. The Kier molecular flexibility index (Phi) is 5.45. The molecule has 2 aromatic rings. The molecule has 0 bridgehead atoms. The highest BCUT2D eigenvalue weighted by Gasteiger charge is 2.28. The van der Waals surface area contributed by atoms with Crippen molar-refractivity contribution in [1.29, 1.82) is 0 Å². The summed E-state index contributed by atoms with van der Waals surface area (Å²) >= 11 is 0. The van der Waals surface area contributed by atoms with Gasteiger partial charge in [-0.15, -0.1) is 0 Å². The van der Waals surface area contributed by atoms with Gasteiger partial charge in [0.1, 0.15) is 0 Å². The quantitative estimate of drug-likeness (QED) is 0.600. The number of nitrogens with zero attached hydrogens (tertiary/aromatic N) is 1. The van der Waals surface area contributed by atoms with E-state index < -0.39 is 5.97 Å². The first-order valence-corrected chi connectivity index (χ1v) is 9.11. The number of ether oxygens (including phenoxy) is 2. The van der Waals surface area contributed by atoms with Crippen molar-refractivity contribution in [2.75, 3.05) is 12.0 Å². The van der Waals surface area contributed by atoms with Gasteiger partial charge in [0.2, 0.25) is 5.91 Å². The number of esters is 1. The summed E-state index contributed by atoms with van der Waals surface area (Å²) in [4.78, 5) is 26.0. The van der Waals surface area contributed by atoms with E-state index >= 15 is 0 Å². The van der Waals surface area contributed by atoms with E-state index in [1.807, 2.05) is 35.2 Å². The molecule has 0 aliphatic heterocycles. The van der Waals surface area contributed by atoms with Crippen LogP contribution in [-0.4, -0.2) is 25.0 Å². The van der Waals surface area contributed by atoms with E-state index in [2.05, 4.69) is 0 Å². The highest BCUT2D eigenvalue weighted by molar-refractivity contribution is 6.07. The third-order valence-electron chi connectivity index (χ3n) is 4.94. The Morgan fingerprint density at radius 2 is 1.69 bits per heavy atom. The molecule has 0 radical (unpaired) electrons. The third kappa shape index (κ3) is 3.52. The predicted octanol–water partition coefficient (Wildman–Crippen LogP) is 4.46. The number of amides is 1. The zero-order valence-electron chi connectivity index (χ0n) is 15.6. The van der Waals surface area contributed by atoms with Crippen LogP contribution in [0.1, 0.15) is 46.0 Å². The van der Waals surface area contributed by atoms with E-state index in [-0.39, 0.29) is 11.9 Å². The lowest BCUT2D eigenvalue weighted by molar-refractivity contribution is -0.131. The van der Waals surface area contributed by atoms with Crippen LogP contribution < -0.4 is 14.4 Å². The normalized spacial score (nSPS) is 14.9. The van der Waals surface area contributed by atoms with E-state index in [0.717, 1.165) is 42.1 Å². The molecule has 5 nitrogen and oxygen atoms in total. The number of methoxy groups -OCH3 is 1. The number of carbonyl (C=O) groups excluding carboxylic acids is 2. The Hall–Kier alpha value is -2.56. The Balaban J connectivity index is 2.21. The minimum atomic E-state index is -0.406. The molecule has 1 saturated carbocycles. The second-order valence-electron chi connectivity index (χ2n) is 6.75. The smallest absolute Gasteiger partial charge is 0.308 e. The molecule has 1 fully saturated rings. The molecule has 0 unspecified atom stereocenters. The van der Waals surface area contributed by atoms with Crippen molar-refractivity contribution < 1.29 is 19.1 Å². The molecule has 0 N–H and O–H groups in total. The van der Waals surface area contributed by atoms with Gasteiger partial charge in [0.15, 0.2) is 11.5 Å². The molecule has 0 spiro atoms. The second-order valence-corrected chi connectivity index (χ2v) is 6.75. The third-order valence-corrected chi connectivity index (χ3v) is 4.94. The van der Waals surface area contributed by atoms with Crippen LogP contribution in [0.3, 0.4) is 0 Å². The molecule has 138 valence electrons. The molecular weight excluding hydrogens is 330 g/mol. The zero-order valence-corrected chi connectivity index (χ0v) is 15.6. The lowest BCUT2D eigenvalue weighted by atomic mass is 9.93. The molecule has 26 heavy (non-hydrogen) atoms. The van der Waals surface area contributed by atoms with Gasteiger partial charge in [-0.25, -0.2) is 0 Å². The molecule has 1 amide bonds. The Labute approximate surface area is 153 Å². The van der Waals surface area contributed by atoms with Gasteiger partial charge >= 0.3 is 5.97 Å². The van der Waals surface area contributed by atoms with E-state index in [1.54, 1.807) is 14.0 Å². The average Bonchev–Trinajstić information content (AvgIpc) is 2.63. The van der Waals surface area contributed by atoms with Crippen molar-refractivity contribution in [1.82, 2.24) is 0 Å². The largest absolute Gasteiger partial charge is 0.493 e.